The average Bonchev–Trinajstić information content (AvgIpc) is 2.43. The zero-order valence-corrected chi connectivity index (χ0v) is 12.9. The van der Waals surface area contributed by atoms with Gasteiger partial charge in [0.1, 0.15) is 0 Å². The van der Waals surface area contributed by atoms with Crippen molar-refractivity contribution in [3.05, 3.63) is 29.8 Å². The van der Waals surface area contributed by atoms with E-state index in [1.165, 1.54) is 6.07 Å². The van der Waals surface area contributed by atoms with Crippen molar-refractivity contribution in [3.63, 3.8) is 0 Å². The van der Waals surface area contributed by atoms with Gasteiger partial charge in [0.25, 0.3) is 0 Å². The fourth-order valence-corrected chi connectivity index (χ4v) is 3.43. The molecule has 0 radical (unpaired) electrons. The molecule has 1 N–H and O–H groups in total. The minimum atomic E-state index is -4.54. The summed E-state index contributed by atoms with van der Waals surface area (Å²) >= 11 is 0. The molecule has 120 valence electrons. The van der Waals surface area contributed by atoms with Gasteiger partial charge in [0.15, 0.2) is 9.84 Å². The summed E-state index contributed by atoms with van der Waals surface area (Å²) in [7, 11) is -1.88. The number of alkyl halides is 3. The predicted octanol–water partition coefficient (Wildman–Crippen LogP) is 3.26. The van der Waals surface area contributed by atoms with Crippen molar-refractivity contribution in [2.75, 3.05) is 12.8 Å². The molecule has 0 bridgehead atoms. The monoisotopic (exact) mass is 323 g/mol. The highest BCUT2D eigenvalue weighted by molar-refractivity contribution is 7.91. The second kappa shape index (κ2) is 7.26. The first kappa shape index (κ1) is 18.0. The molecule has 0 aliphatic heterocycles. The van der Waals surface area contributed by atoms with E-state index in [2.05, 4.69) is 5.32 Å². The Morgan fingerprint density at radius 1 is 1.29 bits per heavy atom. The Labute approximate surface area is 123 Å². The van der Waals surface area contributed by atoms with Gasteiger partial charge >= 0.3 is 6.18 Å². The van der Waals surface area contributed by atoms with Crippen LogP contribution in [0.2, 0.25) is 0 Å². The van der Waals surface area contributed by atoms with E-state index >= 15 is 0 Å². The van der Waals surface area contributed by atoms with Crippen LogP contribution in [0.3, 0.4) is 0 Å². The molecule has 0 spiro atoms. The second-order valence-electron chi connectivity index (χ2n) is 4.88. The molecular weight excluding hydrogens is 303 g/mol. The number of hydrogen-bond donors (Lipinski definition) is 1. The fraction of sp³-hybridized carbons (Fsp3) is 0.571. The zero-order valence-electron chi connectivity index (χ0n) is 12.1. The smallest absolute Gasteiger partial charge is 0.317 e. The van der Waals surface area contributed by atoms with Crippen LogP contribution >= 0.6 is 0 Å². The highest BCUT2D eigenvalue weighted by Gasteiger charge is 2.31. The van der Waals surface area contributed by atoms with E-state index < -0.39 is 21.6 Å². The highest BCUT2D eigenvalue weighted by atomic mass is 32.2. The Hall–Kier alpha value is -1.08. The van der Waals surface area contributed by atoms with Crippen LogP contribution in [0.4, 0.5) is 13.2 Å². The molecule has 0 fully saturated rings. The lowest BCUT2D eigenvalue weighted by molar-refractivity contribution is -0.137. The molecule has 0 heterocycles. The number of benzene rings is 1. The van der Waals surface area contributed by atoms with Gasteiger partial charge in [-0.3, -0.25) is 0 Å². The van der Waals surface area contributed by atoms with Gasteiger partial charge in [0.2, 0.25) is 0 Å². The Morgan fingerprint density at radius 2 is 1.95 bits per heavy atom. The molecular formula is C14H20F3NO2S. The van der Waals surface area contributed by atoms with Gasteiger partial charge in [-0.05, 0) is 44.5 Å². The normalized spacial score (nSPS) is 14.1. The number of hydrogen-bond acceptors (Lipinski definition) is 3. The van der Waals surface area contributed by atoms with Crippen LogP contribution in [0, 0.1) is 0 Å². The maximum Gasteiger partial charge on any atom is 0.416 e. The van der Waals surface area contributed by atoms with E-state index in [9.17, 15) is 21.6 Å². The third-order valence-corrected chi connectivity index (χ3v) is 5.19. The van der Waals surface area contributed by atoms with Crippen molar-refractivity contribution in [1.82, 2.24) is 5.32 Å². The van der Waals surface area contributed by atoms with Gasteiger partial charge < -0.3 is 5.32 Å². The van der Waals surface area contributed by atoms with Crippen molar-refractivity contribution in [2.45, 2.75) is 43.3 Å². The van der Waals surface area contributed by atoms with Crippen LogP contribution < -0.4 is 5.32 Å². The summed E-state index contributed by atoms with van der Waals surface area (Å²) in [5, 5.41) is 3.06. The molecule has 1 aromatic rings. The van der Waals surface area contributed by atoms with Crippen LogP contribution in [0.1, 0.15) is 31.7 Å². The van der Waals surface area contributed by atoms with E-state index in [-0.39, 0.29) is 16.7 Å². The second-order valence-corrected chi connectivity index (χ2v) is 6.99. The van der Waals surface area contributed by atoms with Gasteiger partial charge in [0, 0.05) is 6.04 Å². The minimum absolute atomic E-state index is 0.146. The molecule has 0 aliphatic rings. The topological polar surface area (TPSA) is 46.2 Å². The summed E-state index contributed by atoms with van der Waals surface area (Å²) in [4.78, 5) is -0.269. The molecule has 1 unspecified atom stereocenters. The van der Waals surface area contributed by atoms with E-state index in [1.54, 1.807) is 7.05 Å². The lowest BCUT2D eigenvalue weighted by atomic mass is 10.1. The van der Waals surface area contributed by atoms with Gasteiger partial charge in [0.05, 0.1) is 16.2 Å². The SMILES string of the molecule is CCC(CCCS(=O)(=O)c1cccc(C(F)(F)F)c1)NC. The Morgan fingerprint density at radius 3 is 2.48 bits per heavy atom. The lowest BCUT2D eigenvalue weighted by Gasteiger charge is -2.13. The van der Waals surface area contributed by atoms with E-state index in [1.807, 2.05) is 6.92 Å². The Bertz CT molecular complexity index is 552. The molecule has 0 saturated heterocycles. The molecule has 0 aromatic heterocycles. The van der Waals surface area contributed by atoms with Gasteiger partial charge in [-0.25, -0.2) is 8.42 Å². The van der Waals surface area contributed by atoms with Crippen LogP contribution in [0.15, 0.2) is 29.2 Å². The maximum absolute atomic E-state index is 12.6. The molecule has 1 aromatic carbocycles. The lowest BCUT2D eigenvalue weighted by Crippen LogP contribution is -2.24. The molecule has 0 saturated carbocycles. The maximum atomic E-state index is 12.6. The van der Waals surface area contributed by atoms with E-state index in [4.69, 9.17) is 0 Å². The van der Waals surface area contributed by atoms with Crippen molar-refractivity contribution < 1.29 is 21.6 Å². The summed E-state index contributed by atoms with van der Waals surface area (Å²) in [5.41, 5.74) is -0.940. The van der Waals surface area contributed by atoms with Crippen LogP contribution in [-0.2, 0) is 16.0 Å². The number of sulfone groups is 1. The van der Waals surface area contributed by atoms with Crippen molar-refractivity contribution in [1.29, 1.82) is 0 Å². The molecule has 0 amide bonds. The molecule has 0 aliphatic carbocycles. The van der Waals surface area contributed by atoms with Crippen LogP contribution in [0.25, 0.3) is 0 Å². The number of rotatable bonds is 7. The number of nitrogens with one attached hydrogen (secondary N) is 1. The summed E-state index contributed by atoms with van der Waals surface area (Å²) in [6, 6.07) is 4.12. The minimum Gasteiger partial charge on any atom is -0.317 e. The van der Waals surface area contributed by atoms with Crippen molar-refractivity contribution in [3.8, 4) is 0 Å². The third-order valence-electron chi connectivity index (χ3n) is 3.39. The first-order chi connectivity index (χ1) is 9.70. The van der Waals surface area contributed by atoms with Crippen molar-refractivity contribution in [2.24, 2.45) is 0 Å². The van der Waals surface area contributed by atoms with Gasteiger partial charge in [-0.15, -0.1) is 0 Å². The van der Waals surface area contributed by atoms with Crippen LogP contribution in [-0.4, -0.2) is 27.3 Å². The summed E-state index contributed by atoms with van der Waals surface area (Å²) in [5.74, 6) is -0.146. The summed E-state index contributed by atoms with van der Waals surface area (Å²) < 4.78 is 62.0. The largest absolute Gasteiger partial charge is 0.416 e. The van der Waals surface area contributed by atoms with Gasteiger partial charge in [-0.1, -0.05) is 13.0 Å². The first-order valence-electron chi connectivity index (χ1n) is 6.78. The summed E-state index contributed by atoms with van der Waals surface area (Å²) in [6.45, 7) is 1.99. The molecule has 7 heteroatoms. The highest BCUT2D eigenvalue weighted by Crippen LogP contribution is 2.30. The standard InChI is InChI=1S/C14H20F3NO2S/c1-3-12(18-2)7-5-9-21(19,20)13-8-4-6-11(10-13)14(15,16)17/h4,6,8,10,12,18H,3,5,7,9H2,1-2H3. The molecule has 1 rings (SSSR count). The molecule has 21 heavy (non-hydrogen) atoms. The van der Waals surface area contributed by atoms with Gasteiger partial charge in [-0.2, -0.15) is 13.2 Å². The predicted molar refractivity (Wildman–Crippen MR) is 75.9 cm³/mol. The summed E-state index contributed by atoms with van der Waals surface area (Å²) in [6.07, 6.45) is -2.58. The third kappa shape index (κ3) is 5.32. The van der Waals surface area contributed by atoms with Crippen LogP contribution in [0.5, 0.6) is 0 Å². The Balaban J connectivity index is 2.79. The average molecular weight is 323 g/mol. The van der Waals surface area contributed by atoms with E-state index in [0.29, 0.717) is 18.9 Å². The zero-order chi connectivity index (χ0) is 16.1. The van der Waals surface area contributed by atoms with E-state index in [0.717, 1.165) is 18.6 Å². The first-order valence-corrected chi connectivity index (χ1v) is 8.43. The molecule has 3 nitrogen and oxygen atoms in total. The molecule has 1 atom stereocenters. The van der Waals surface area contributed by atoms with Crippen molar-refractivity contribution >= 4 is 9.84 Å². The fourth-order valence-electron chi connectivity index (χ4n) is 2.06. The quantitative estimate of drug-likeness (QED) is 0.838. The Kier molecular flexibility index (Phi) is 6.22. The number of halogens is 3.